The maximum absolute atomic E-state index is 13.6. The molecule has 0 spiro atoms. The van der Waals surface area contributed by atoms with Gasteiger partial charge in [0.25, 0.3) is 17.4 Å². The molecule has 4 aromatic rings. The van der Waals surface area contributed by atoms with Gasteiger partial charge in [-0.3, -0.25) is 44.0 Å². The second-order valence-corrected chi connectivity index (χ2v) is 15.3. The van der Waals surface area contributed by atoms with Gasteiger partial charge in [-0.25, -0.2) is 4.98 Å². The number of hydrogen-bond acceptors (Lipinski definition) is 12. The summed E-state index contributed by atoms with van der Waals surface area (Å²) in [5.74, 6) is 0.139. The van der Waals surface area contributed by atoms with E-state index in [1.807, 2.05) is 43.4 Å². The molecule has 2 saturated heterocycles. The van der Waals surface area contributed by atoms with Crippen molar-refractivity contribution in [3.8, 4) is 28.4 Å². The van der Waals surface area contributed by atoms with Crippen molar-refractivity contribution >= 4 is 40.2 Å². The molecule has 294 valence electrons. The second-order valence-electron chi connectivity index (χ2n) is 15.3. The highest BCUT2D eigenvalue weighted by atomic mass is 16.5. The average Bonchev–Trinajstić information content (AvgIpc) is 3.44. The average molecular weight is 766 g/mol. The van der Waals surface area contributed by atoms with Crippen LogP contribution in [0.4, 0.5) is 5.82 Å². The minimum absolute atomic E-state index is 0.0499. The topological polar surface area (TPSA) is 156 Å². The summed E-state index contributed by atoms with van der Waals surface area (Å²) in [5.41, 5.74) is 2.39. The lowest BCUT2D eigenvalue weighted by atomic mass is 9.98. The quantitative estimate of drug-likeness (QED) is 0.223. The summed E-state index contributed by atoms with van der Waals surface area (Å²) in [4.78, 5) is 76.2. The van der Waals surface area contributed by atoms with Gasteiger partial charge in [0.2, 0.25) is 11.8 Å². The zero-order valence-corrected chi connectivity index (χ0v) is 32.8. The summed E-state index contributed by atoms with van der Waals surface area (Å²) in [6, 6.07) is 9.75. The largest absolute Gasteiger partial charge is 0.496 e. The zero-order chi connectivity index (χ0) is 40.1. The summed E-state index contributed by atoms with van der Waals surface area (Å²) in [5, 5.41) is 3.54. The number of carbonyl (C=O) groups excluding carboxylic acids is 4. The van der Waals surface area contributed by atoms with Gasteiger partial charge in [0.1, 0.15) is 35.7 Å². The van der Waals surface area contributed by atoms with Crippen molar-refractivity contribution in [2.24, 2.45) is 7.05 Å². The predicted molar refractivity (Wildman–Crippen MR) is 209 cm³/mol. The fourth-order valence-corrected chi connectivity index (χ4v) is 7.80. The van der Waals surface area contributed by atoms with Gasteiger partial charge in [0.05, 0.1) is 36.3 Å². The summed E-state index contributed by atoms with van der Waals surface area (Å²) in [7, 11) is 8.85. The van der Waals surface area contributed by atoms with Gasteiger partial charge in [-0.2, -0.15) is 0 Å². The van der Waals surface area contributed by atoms with E-state index in [9.17, 15) is 24.0 Å². The van der Waals surface area contributed by atoms with Crippen molar-refractivity contribution < 1.29 is 33.4 Å². The molecule has 0 aliphatic carbocycles. The van der Waals surface area contributed by atoms with E-state index in [0.29, 0.717) is 23.4 Å². The van der Waals surface area contributed by atoms with Crippen molar-refractivity contribution in [3.05, 3.63) is 75.8 Å². The molecule has 3 aliphatic rings. The molecular formula is C41H47N7O8. The molecule has 0 bridgehead atoms. The van der Waals surface area contributed by atoms with E-state index in [2.05, 4.69) is 33.9 Å². The molecule has 2 fully saturated rings. The highest BCUT2D eigenvalue weighted by Crippen LogP contribution is 2.39. The minimum atomic E-state index is -1.05. The van der Waals surface area contributed by atoms with Crippen LogP contribution in [0.2, 0.25) is 0 Å². The Kier molecular flexibility index (Phi) is 10.3. The van der Waals surface area contributed by atoms with Crippen molar-refractivity contribution in [2.75, 3.05) is 66.0 Å². The van der Waals surface area contributed by atoms with E-state index >= 15 is 0 Å². The third kappa shape index (κ3) is 6.96. The molecule has 15 nitrogen and oxygen atoms in total. The Morgan fingerprint density at radius 2 is 1.59 bits per heavy atom. The molecular weight excluding hydrogens is 718 g/mol. The van der Waals surface area contributed by atoms with Gasteiger partial charge in [-0.15, -0.1) is 0 Å². The normalized spacial score (nSPS) is 18.0. The van der Waals surface area contributed by atoms with Gasteiger partial charge in [0, 0.05) is 89.2 Å². The molecule has 0 saturated carbocycles. The lowest BCUT2D eigenvalue weighted by Gasteiger charge is -2.44. The molecule has 5 heterocycles. The summed E-state index contributed by atoms with van der Waals surface area (Å²) in [6.45, 7) is 8.03. The molecule has 0 radical (unpaired) electrons. The lowest BCUT2D eigenvalue weighted by molar-refractivity contribution is -0.136. The van der Waals surface area contributed by atoms with Gasteiger partial charge in [0.15, 0.2) is 0 Å². The third-order valence-electron chi connectivity index (χ3n) is 11.1. The number of nitrogens with zero attached hydrogens (tertiary/aromatic N) is 6. The summed E-state index contributed by atoms with van der Waals surface area (Å²) < 4.78 is 19.8. The third-order valence-corrected chi connectivity index (χ3v) is 11.1. The number of nitrogens with one attached hydrogen (secondary N) is 1. The predicted octanol–water partition coefficient (Wildman–Crippen LogP) is 3.06. The molecule has 2 aromatic heterocycles. The number of carbonyl (C=O) groups is 4. The molecule has 2 aromatic carbocycles. The Morgan fingerprint density at radius 3 is 2.23 bits per heavy atom. The SMILES string of the molecule is COc1cc(-c2cn(C)c(=O)c3cnc(N(C)C)cc23)cc(OC)c1CN1CCN(C(C)(C)COc2cccc3c2C(=O)N(C2CCC(=O)NC2=O)C3=O)CC1. The standard InChI is InChI=1S/C41H47N7O8/c1-41(2,23-56-31-10-8-9-25-36(31)40(53)48(39(25)52)30-11-12-35(49)43-37(30)50)47-15-13-46(14-16-47)22-29-32(54-6)17-24(18-33(29)55-7)28-21-45(5)38(51)27-20-42-34(44(3)4)19-26(27)28/h8-10,17-21,30H,11-16,22-23H2,1-7H3,(H,43,49,50). The van der Waals surface area contributed by atoms with Gasteiger partial charge >= 0.3 is 0 Å². The molecule has 7 rings (SSSR count). The first-order chi connectivity index (χ1) is 26.7. The molecule has 1 unspecified atom stereocenters. The van der Waals surface area contributed by atoms with Crippen LogP contribution in [0.3, 0.4) is 0 Å². The smallest absolute Gasteiger partial charge is 0.266 e. The van der Waals surface area contributed by atoms with E-state index in [-0.39, 0.29) is 41.9 Å². The number of hydrogen-bond donors (Lipinski definition) is 1. The number of anilines is 1. The number of aryl methyl sites for hydroxylation is 1. The summed E-state index contributed by atoms with van der Waals surface area (Å²) >= 11 is 0. The second kappa shape index (κ2) is 15.0. The first kappa shape index (κ1) is 38.5. The molecule has 1 N–H and O–H groups in total. The highest BCUT2D eigenvalue weighted by molar-refractivity contribution is 6.24. The van der Waals surface area contributed by atoms with Crippen LogP contribution < -0.4 is 30.0 Å². The number of benzene rings is 2. The number of methoxy groups -OCH3 is 2. The van der Waals surface area contributed by atoms with E-state index in [4.69, 9.17) is 14.2 Å². The highest BCUT2D eigenvalue weighted by Gasteiger charge is 2.46. The van der Waals surface area contributed by atoms with E-state index < -0.39 is 35.2 Å². The van der Waals surface area contributed by atoms with Crippen LogP contribution in [0.1, 0.15) is 53.0 Å². The van der Waals surface area contributed by atoms with Crippen LogP contribution in [0, 0.1) is 0 Å². The Bertz CT molecular complexity index is 2290. The molecule has 15 heteroatoms. The van der Waals surface area contributed by atoms with Crippen LogP contribution >= 0.6 is 0 Å². The van der Waals surface area contributed by atoms with Crippen LogP contribution in [-0.4, -0.2) is 121 Å². The first-order valence-electron chi connectivity index (χ1n) is 18.6. The Hall–Kier alpha value is -5.80. The number of rotatable bonds is 11. The van der Waals surface area contributed by atoms with Crippen molar-refractivity contribution in [2.45, 2.75) is 44.8 Å². The van der Waals surface area contributed by atoms with E-state index in [0.717, 1.165) is 59.0 Å². The number of imide groups is 2. The molecule has 56 heavy (non-hydrogen) atoms. The number of aromatic nitrogens is 2. The van der Waals surface area contributed by atoms with Crippen LogP contribution in [0.5, 0.6) is 17.2 Å². The van der Waals surface area contributed by atoms with Gasteiger partial charge in [-0.05, 0) is 56.2 Å². The number of fused-ring (bicyclic) bond motifs is 2. The fraction of sp³-hybridized carbons (Fsp3) is 0.415. The summed E-state index contributed by atoms with van der Waals surface area (Å²) in [6.07, 6.45) is 3.60. The number of ether oxygens (including phenoxy) is 3. The minimum Gasteiger partial charge on any atom is -0.496 e. The van der Waals surface area contributed by atoms with Crippen molar-refractivity contribution in [3.63, 3.8) is 0 Å². The first-order valence-corrected chi connectivity index (χ1v) is 18.6. The molecule has 1 atom stereocenters. The van der Waals surface area contributed by atoms with Crippen LogP contribution in [-0.2, 0) is 23.2 Å². The monoisotopic (exact) mass is 765 g/mol. The molecule has 4 amide bonds. The number of piperazine rings is 1. The Balaban J connectivity index is 1.04. The number of piperidine rings is 1. The van der Waals surface area contributed by atoms with Gasteiger partial charge < -0.3 is 23.7 Å². The van der Waals surface area contributed by atoms with Crippen LogP contribution in [0.25, 0.3) is 21.9 Å². The van der Waals surface area contributed by atoms with E-state index in [1.54, 1.807) is 50.2 Å². The van der Waals surface area contributed by atoms with Gasteiger partial charge in [-0.1, -0.05) is 6.07 Å². The van der Waals surface area contributed by atoms with Crippen LogP contribution in [0.15, 0.2) is 53.6 Å². The van der Waals surface area contributed by atoms with Crippen molar-refractivity contribution in [1.82, 2.24) is 29.6 Å². The number of amides is 4. The maximum Gasteiger partial charge on any atom is 0.266 e. The van der Waals surface area contributed by atoms with E-state index in [1.165, 1.54) is 0 Å². The van der Waals surface area contributed by atoms with Crippen molar-refractivity contribution in [1.29, 1.82) is 0 Å². The lowest BCUT2D eigenvalue weighted by Crippen LogP contribution is -2.56. The fourth-order valence-electron chi connectivity index (χ4n) is 7.80. The zero-order valence-electron chi connectivity index (χ0n) is 32.8. The Morgan fingerprint density at radius 1 is 0.893 bits per heavy atom. The Labute approximate surface area is 324 Å². The maximum atomic E-state index is 13.6. The number of pyridine rings is 2. The molecule has 3 aliphatic heterocycles.